The Balaban J connectivity index is 0. The van der Waals surface area contributed by atoms with Gasteiger partial charge in [0, 0.05) is 20.0 Å². The number of carbonyl (C=O) groups is 4. The molecule has 0 aliphatic heterocycles. The molecule has 3 N–H and O–H groups in total. The molecule has 0 aliphatic rings. The summed E-state index contributed by atoms with van der Waals surface area (Å²) in [4.78, 5) is 44.4. The molecular formula is C20H39N3O6. The van der Waals surface area contributed by atoms with Crippen LogP contribution < -0.4 is 16.0 Å². The summed E-state index contributed by atoms with van der Waals surface area (Å²) >= 11 is 0. The second kappa shape index (κ2) is 14.6. The maximum absolute atomic E-state index is 11.6. The van der Waals surface area contributed by atoms with Crippen molar-refractivity contribution in [3.63, 3.8) is 0 Å². The Morgan fingerprint density at radius 3 is 1.62 bits per heavy atom. The SMILES string of the molecule is CCC(C)(C)C(=O)OC.CCC(C)(C)C(=O)OCCNC(=O)NCCNC(C)=O. The van der Waals surface area contributed by atoms with Gasteiger partial charge in [0.25, 0.3) is 0 Å². The molecule has 0 spiro atoms. The van der Waals surface area contributed by atoms with Crippen LogP contribution in [-0.2, 0) is 23.9 Å². The average molecular weight is 418 g/mol. The number of ether oxygens (including phenoxy) is 2. The molecule has 29 heavy (non-hydrogen) atoms. The minimum absolute atomic E-state index is 0.134. The van der Waals surface area contributed by atoms with Crippen molar-refractivity contribution < 1.29 is 28.7 Å². The van der Waals surface area contributed by atoms with E-state index in [1.807, 2.05) is 41.5 Å². The largest absolute Gasteiger partial charge is 0.469 e. The highest BCUT2D eigenvalue weighted by molar-refractivity contribution is 5.76. The molecule has 0 heterocycles. The number of methoxy groups -OCH3 is 1. The monoisotopic (exact) mass is 417 g/mol. The Morgan fingerprint density at radius 1 is 0.759 bits per heavy atom. The van der Waals surface area contributed by atoms with E-state index in [0.29, 0.717) is 19.5 Å². The number of rotatable bonds is 10. The molecule has 0 saturated carbocycles. The van der Waals surface area contributed by atoms with Gasteiger partial charge in [-0.1, -0.05) is 13.8 Å². The molecule has 0 aromatic carbocycles. The van der Waals surface area contributed by atoms with Crippen LogP contribution in [0.3, 0.4) is 0 Å². The van der Waals surface area contributed by atoms with Crippen LogP contribution in [-0.4, -0.2) is 57.2 Å². The third-order valence-corrected chi connectivity index (χ3v) is 4.46. The van der Waals surface area contributed by atoms with Gasteiger partial charge in [0.1, 0.15) is 6.61 Å². The minimum Gasteiger partial charge on any atom is -0.469 e. The van der Waals surface area contributed by atoms with Crippen LogP contribution in [0.4, 0.5) is 4.79 Å². The van der Waals surface area contributed by atoms with Gasteiger partial charge in [-0.2, -0.15) is 0 Å². The second-order valence-electron chi connectivity index (χ2n) is 7.77. The molecule has 0 rings (SSSR count). The lowest BCUT2D eigenvalue weighted by atomic mass is 9.91. The van der Waals surface area contributed by atoms with E-state index in [1.54, 1.807) is 0 Å². The first-order chi connectivity index (χ1) is 13.3. The Morgan fingerprint density at radius 2 is 1.21 bits per heavy atom. The van der Waals surface area contributed by atoms with Gasteiger partial charge < -0.3 is 25.4 Å². The average Bonchev–Trinajstić information content (AvgIpc) is 2.67. The number of carbonyl (C=O) groups excluding carboxylic acids is 4. The van der Waals surface area contributed by atoms with Gasteiger partial charge in [-0.05, 0) is 40.5 Å². The summed E-state index contributed by atoms with van der Waals surface area (Å²) in [6, 6.07) is -0.360. The van der Waals surface area contributed by atoms with E-state index in [2.05, 4.69) is 20.7 Å². The van der Waals surface area contributed by atoms with E-state index >= 15 is 0 Å². The number of esters is 2. The van der Waals surface area contributed by atoms with Crippen molar-refractivity contribution >= 4 is 23.9 Å². The van der Waals surface area contributed by atoms with E-state index < -0.39 is 5.41 Å². The molecule has 0 aromatic rings. The van der Waals surface area contributed by atoms with Crippen LogP contribution in [0.5, 0.6) is 0 Å². The predicted octanol–water partition coefficient (Wildman–Crippen LogP) is 2.00. The van der Waals surface area contributed by atoms with E-state index in [1.165, 1.54) is 14.0 Å². The summed E-state index contributed by atoms with van der Waals surface area (Å²) in [7, 11) is 1.42. The molecule has 9 heteroatoms. The van der Waals surface area contributed by atoms with Gasteiger partial charge in [-0.3, -0.25) is 14.4 Å². The number of urea groups is 1. The number of nitrogens with one attached hydrogen (secondary N) is 3. The van der Waals surface area contributed by atoms with Crippen LogP contribution >= 0.6 is 0 Å². The molecule has 0 aromatic heterocycles. The molecule has 0 aliphatic carbocycles. The zero-order valence-corrected chi connectivity index (χ0v) is 19.2. The lowest BCUT2D eigenvalue weighted by Gasteiger charge is -2.20. The molecule has 3 amide bonds. The predicted molar refractivity (Wildman–Crippen MR) is 111 cm³/mol. The zero-order valence-electron chi connectivity index (χ0n) is 19.2. The van der Waals surface area contributed by atoms with Crippen molar-refractivity contribution in [2.75, 3.05) is 33.4 Å². The second-order valence-corrected chi connectivity index (χ2v) is 7.77. The summed E-state index contributed by atoms with van der Waals surface area (Å²) in [5, 5.41) is 7.67. The van der Waals surface area contributed by atoms with E-state index in [4.69, 9.17) is 4.74 Å². The molecule has 0 saturated heterocycles. The fourth-order valence-corrected chi connectivity index (χ4v) is 1.55. The van der Waals surface area contributed by atoms with Crippen molar-refractivity contribution in [1.29, 1.82) is 0 Å². The van der Waals surface area contributed by atoms with Crippen molar-refractivity contribution in [1.82, 2.24) is 16.0 Å². The first-order valence-electron chi connectivity index (χ1n) is 9.85. The van der Waals surface area contributed by atoms with Crippen molar-refractivity contribution in [3.05, 3.63) is 0 Å². The fourth-order valence-electron chi connectivity index (χ4n) is 1.55. The highest BCUT2D eigenvalue weighted by Gasteiger charge is 2.27. The summed E-state index contributed by atoms with van der Waals surface area (Å²) < 4.78 is 9.63. The number of hydrogen-bond donors (Lipinski definition) is 3. The molecule has 170 valence electrons. The van der Waals surface area contributed by atoms with Crippen LogP contribution in [0.1, 0.15) is 61.3 Å². The molecule has 0 radical (unpaired) electrons. The van der Waals surface area contributed by atoms with Gasteiger partial charge >= 0.3 is 18.0 Å². The standard InChI is InChI=1S/C13H25N3O4.C7H14O2/c1-5-13(3,4)11(18)20-9-8-16-12(19)15-7-6-14-10(2)17;1-5-7(2,3)6(8)9-4/h5-9H2,1-4H3,(H,14,17)(H2,15,16,19);5H2,1-4H3. The van der Waals surface area contributed by atoms with E-state index in [-0.39, 0.29) is 42.4 Å². The smallest absolute Gasteiger partial charge is 0.314 e. The Hall–Kier alpha value is -2.32. The molecular weight excluding hydrogens is 378 g/mol. The van der Waals surface area contributed by atoms with Crippen LogP contribution in [0.15, 0.2) is 0 Å². The highest BCUT2D eigenvalue weighted by Crippen LogP contribution is 2.21. The maximum Gasteiger partial charge on any atom is 0.314 e. The molecule has 0 fully saturated rings. The normalized spacial score (nSPS) is 10.8. The maximum atomic E-state index is 11.6. The minimum atomic E-state index is -0.499. The Bertz CT molecular complexity index is 532. The van der Waals surface area contributed by atoms with E-state index in [9.17, 15) is 19.2 Å². The van der Waals surface area contributed by atoms with Gasteiger partial charge in [0.05, 0.1) is 24.5 Å². The van der Waals surface area contributed by atoms with Crippen molar-refractivity contribution in [2.24, 2.45) is 10.8 Å². The summed E-state index contributed by atoms with van der Waals surface area (Å²) in [5.41, 5.74) is -0.810. The molecule has 0 atom stereocenters. The Labute approximate surface area is 174 Å². The molecule has 0 unspecified atom stereocenters. The van der Waals surface area contributed by atoms with Crippen molar-refractivity contribution in [3.8, 4) is 0 Å². The quantitative estimate of drug-likeness (QED) is 0.369. The van der Waals surface area contributed by atoms with Crippen molar-refractivity contribution in [2.45, 2.75) is 61.3 Å². The van der Waals surface area contributed by atoms with Gasteiger partial charge in [0.15, 0.2) is 0 Å². The van der Waals surface area contributed by atoms with Crippen LogP contribution in [0.25, 0.3) is 0 Å². The van der Waals surface area contributed by atoms with Crippen LogP contribution in [0.2, 0.25) is 0 Å². The lowest BCUT2D eigenvalue weighted by molar-refractivity contribution is -0.154. The third kappa shape index (κ3) is 14.3. The number of hydrogen-bond acceptors (Lipinski definition) is 6. The summed E-state index contributed by atoms with van der Waals surface area (Å²) in [6.07, 6.45) is 1.52. The topological polar surface area (TPSA) is 123 Å². The first-order valence-corrected chi connectivity index (χ1v) is 9.85. The van der Waals surface area contributed by atoms with E-state index in [0.717, 1.165) is 6.42 Å². The third-order valence-electron chi connectivity index (χ3n) is 4.46. The summed E-state index contributed by atoms with van der Waals surface area (Å²) in [5.74, 6) is -0.546. The highest BCUT2D eigenvalue weighted by atomic mass is 16.5. The molecule has 9 nitrogen and oxygen atoms in total. The van der Waals surface area contributed by atoms with Gasteiger partial charge in [0.2, 0.25) is 5.91 Å². The summed E-state index contributed by atoms with van der Waals surface area (Å²) in [6.45, 7) is 13.8. The zero-order chi connectivity index (χ0) is 23.1. The van der Waals surface area contributed by atoms with Crippen LogP contribution in [0, 0.1) is 10.8 Å². The lowest BCUT2D eigenvalue weighted by Crippen LogP contribution is -2.41. The Kier molecular flexibility index (Phi) is 14.6. The van der Waals surface area contributed by atoms with Gasteiger partial charge in [-0.25, -0.2) is 4.79 Å². The van der Waals surface area contributed by atoms with Gasteiger partial charge in [-0.15, -0.1) is 0 Å². The fraction of sp³-hybridized carbons (Fsp3) is 0.800. The first kappa shape index (κ1) is 28.9. The molecule has 0 bridgehead atoms. The number of amides is 3.